The van der Waals surface area contributed by atoms with E-state index in [1.807, 2.05) is 0 Å². The van der Waals surface area contributed by atoms with Crippen LogP contribution in [0.5, 0.6) is 0 Å². The van der Waals surface area contributed by atoms with Crippen LogP contribution in [-0.4, -0.2) is 50.4 Å². The zero-order valence-electron chi connectivity index (χ0n) is 9.38. The lowest BCUT2D eigenvalue weighted by atomic mass is 9.95. The highest BCUT2D eigenvalue weighted by Gasteiger charge is 2.40. The molecule has 1 aliphatic rings. The Hall–Kier alpha value is -0.260. The molecule has 88 valence electrons. The molecule has 0 aliphatic carbocycles. The molecule has 0 radical (unpaired) electrons. The van der Waals surface area contributed by atoms with Crippen molar-refractivity contribution >= 4 is 17.7 Å². The number of ether oxygens (including phenoxy) is 2. The first-order valence-corrected chi connectivity index (χ1v) is 6.31. The maximum absolute atomic E-state index is 11.7. The molecule has 1 atom stereocenters. The minimum Gasteiger partial charge on any atom is -0.468 e. The van der Waals surface area contributed by atoms with E-state index in [1.54, 1.807) is 18.9 Å². The molecule has 0 aromatic heterocycles. The summed E-state index contributed by atoms with van der Waals surface area (Å²) in [4.78, 5) is 11.7. The van der Waals surface area contributed by atoms with Gasteiger partial charge in [0.2, 0.25) is 0 Å². The summed E-state index contributed by atoms with van der Waals surface area (Å²) in [6.45, 7) is 1.30. The Morgan fingerprint density at radius 2 is 2.33 bits per heavy atom. The number of thioether (sulfide) groups is 1. The number of carbonyl (C=O) groups is 1. The van der Waals surface area contributed by atoms with Crippen LogP contribution >= 0.6 is 11.8 Å². The summed E-state index contributed by atoms with van der Waals surface area (Å²) in [6.07, 6.45) is 1.91. The predicted octanol–water partition coefficient (Wildman–Crippen LogP) is 0.661. The Morgan fingerprint density at radius 1 is 1.53 bits per heavy atom. The Balaban J connectivity index is 2.54. The molecule has 0 aromatic carbocycles. The first-order valence-electron chi connectivity index (χ1n) is 5.15. The Morgan fingerprint density at radius 3 is 2.87 bits per heavy atom. The first-order chi connectivity index (χ1) is 7.25. The van der Waals surface area contributed by atoms with E-state index in [0.29, 0.717) is 13.2 Å². The van der Waals surface area contributed by atoms with Crippen LogP contribution in [0, 0.1) is 0 Å². The SMILES string of the molecule is COCCNC1(C(=O)OC)CCCSC1. The average molecular weight is 233 g/mol. The number of hydrogen-bond donors (Lipinski definition) is 1. The lowest BCUT2D eigenvalue weighted by Crippen LogP contribution is -2.57. The van der Waals surface area contributed by atoms with E-state index >= 15 is 0 Å². The quantitative estimate of drug-likeness (QED) is 0.558. The highest BCUT2D eigenvalue weighted by molar-refractivity contribution is 7.99. The lowest BCUT2D eigenvalue weighted by Gasteiger charge is -2.34. The second-order valence-corrected chi connectivity index (χ2v) is 4.75. The van der Waals surface area contributed by atoms with Crippen molar-refractivity contribution in [3.63, 3.8) is 0 Å². The Bertz CT molecular complexity index is 205. The predicted molar refractivity (Wildman–Crippen MR) is 61.2 cm³/mol. The fraction of sp³-hybridized carbons (Fsp3) is 0.900. The van der Waals surface area contributed by atoms with E-state index in [4.69, 9.17) is 9.47 Å². The molecule has 5 heteroatoms. The van der Waals surface area contributed by atoms with E-state index in [0.717, 1.165) is 24.3 Å². The van der Waals surface area contributed by atoms with Gasteiger partial charge in [0.1, 0.15) is 5.54 Å². The molecule has 0 bridgehead atoms. The minimum atomic E-state index is -0.490. The molecular weight excluding hydrogens is 214 g/mol. The van der Waals surface area contributed by atoms with E-state index in [2.05, 4.69) is 5.32 Å². The van der Waals surface area contributed by atoms with Crippen molar-refractivity contribution in [3.05, 3.63) is 0 Å². The van der Waals surface area contributed by atoms with Gasteiger partial charge in [-0.05, 0) is 18.6 Å². The number of methoxy groups -OCH3 is 2. The van der Waals surface area contributed by atoms with Crippen LogP contribution in [0.4, 0.5) is 0 Å². The van der Waals surface area contributed by atoms with Crippen molar-refractivity contribution in [1.29, 1.82) is 0 Å². The van der Waals surface area contributed by atoms with Crippen molar-refractivity contribution in [1.82, 2.24) is 5.32 Å². The maximum atomic E-state index is 11.7. The van der Waals surface area contributed by atoms with Gasteiger partial charge >= 0.3 is 5.97 Å². The highest BCUT2D eigenvalue weighted by Crippen LogP contribution is 2.27. The van der Waals surface area contributed by atoms with Crippen LogP contribution < -0.4 is 5.32 Å². The third kappa shape index (κ3) is 3.36. The van der Waals surface area contributed by atoms with Crippen molar-refractivity contribution in [2.45, 2.75) is 18.4 Å². The van der Waals surface area contributed by atoms with Gasteiger partial charge in [0.05, 0.1) is 13.7 Å². The zero-order valence-corrected chi connectivity index (χ0v) is 10.2. The van der Waals surface area contributed by atoms with E-state index in [1.165, 1.54) is 7.11 Å². The Labute approximate surface area is 95.1 Å². The molecule has 1 unspecified atom stereocenters. The molecule has 1 fully saturated rings. The third-order valence-electron chi connectivity index (χ3n) is 2.59. The summed E-state index contributed by atoms with van der Waals surface area (Å²) in [5.74, 6) is 1.78. The van der Waals surface area contributed by atoms with Gasteiger partial charge in [0.25, 0.3) is 0 Å². The highest BCUT2D eigenvalue weighted by atomic mass is 32.2. The van der Waals surface area contributed by atoms with Gasteiger partial charge in [-0.15, -0.1) is 0 Å². The first kappa shape index (κ1) is 12.8. The summed E-state index contributed by atoms with van der Waals surface area (Å²) >= 11 is 1.80. The molecule has 1 N–H and O–H groups in total. The normalized spacial score (nSPS) is 26.3. The van der Waals surface area contributed by atoms with E-state index in [-0.39, 0.29) is 5.97 Å². The van der Waals surface area contributed by atoms with Gasteiger partial charge in [0.15, 0.2) is 0 Å². The molecule has 4 nitrogen and oxygen atoms in total. The van der Waals surface area contributed by atoms with Crippen molar-refractivity contribution in [2.24, 2.45) is 0 Å². The summed E-state index contributed by atoms with van der Waals surface area (Å²) < 4.78 is 9.84. The fourth-order valence-corrected chi connectivity index (χ4v) is 2.96. The van der Waals surface area contributed by atoms with Gasteiger partial charge in [-0.1, -0.05) is 0 Å². The molecule has 0 saturated carbocycles. The molecule has 0 amide bonds. The monoisotopic (exact) mass is 233 g/mol. The van der Waals surface area contributed by atoms with Crippen LogP contribution in [0.1, 0.15) is 12.8 Å². The van der Waals surface area contributed by atoms with Gasteiger partial charge in [-0.2, -0.15) is 11.8 Å². The van der Waals surface area contributed by atoms with Crippen LogP contribution in [-0.2, 0) is 14.3 Å². The van der Waals surface area contributed by atoms with E-state index in [9.17, 15) is 4.79 Å². The average Bonchev–Trinajstić information content (AvgIpc) is 2.29. The molecule has 1 aliphatic heterocycles. The number of carbonyl (C=O) groups excluding carboxylic acids is 1. The van der Waals surface area contributed by atoms with Crippen molar-refractivity contribution < 1.29 is 14.3 Å². The van der Waals surface area contributed by atoms with Crippen LogP contribution in [0.2, 0.25) is 0 Å². The number of hydrogen-bond acceptors (Lipinski definition) is 5. The van der Waals surface area contributed by atoms with E-state index < -0.39 is 5.54 Å². The van der Waals surface area contributed by atoms with Gasteiger partial charge < -0.3 is 9.47 Å². The molecule has 15 heavy (non-hydrogen) atoms. The summed E-state index contributed by atoms with van der Waals surface area (Å²) in [5.41, 5.74) is -0.490. The molecule has 1 rings (SSSR count). The van der Waals surface area contributed by atoms with Crippen molar-refractivity contribution in [3.8, 4) is 0 Å². The molecule has 0 spiro atoms. The summed E-state index contributed by atoms with van der Waals surface area (Å²) in [5, 5.41) is 3.27. The smallest absolute Gasteiger partial charge is 0.326 e. The molecule has 1 heterocycles. The standard InChI is InChI=1S/C10H19NO3S/c1-13-6-5-11-10(9(12)14-2)4-3-7-15-8-10/h11H,3-8H2,1-2H3. The summed E-state index contributed by atoms with van der Waals surface area (Å²) in [6, 6.07) is 0. The maximum Gasteiger partial charge on any atom is 0.326 e. The Kier molecular flexibility index (Phi) is 5.42. The molecule has 0 aromatic rings. The zero-order chi connectivity index (χ0) is 11.1. The van der Waals surface area contributed by atoms with Gasteiger partial charge in [-0.3, -0.25) is 10.1 Å². The number of nitrogens with one attached hydrogen (secondary N) is 1. The second kappa shape index (κ2) is 6.35. The fourth-order valence-electron chi connectivity index (χ4n) is 1.75. The number of esters is 1. The van der Waals surface area contributed by atoms with Gasteiger partial charge in [0, 0.05) is 19.4 Å². The lowest BCUT2D eigenvalue weighted by molar-refractivity contribution is -0.148. The molecule has 1 saturated heterocycles. The van der Waals surface area contributed by atoms with Crippen LogP contribution in [0.3, 0.4) is 0 Å². The van der Waals surface area contributed by atoms with Crippen molar-refractivity contribution in [2.75, 3.05) is 38.9 Å². The summed E-state index contributed by atoms with van der Waals surface area (Å²) in [7, 11) is 3.10. The third-order valence-corrected chi connectivity index (χ3v) is 3.86. The van der Waals surface area contributed by atoms with Crippen LogP contribution in [0.15, 0.2) is 0 Å². The minimum absolute atomic E-state index is 0.147. The van der Waals surface area contributed by atoms with Crippen LogP contribution in [0.25, 0.3) is 0 Å². The van der Waals surface area contributed by atoms with Gasteiger partial charge in [-0.25, -0.2) is 0 Å². The second-order valence-electron chi connectivity index (χ2n) is 3.65. The number of rotatable bonds is 5. The topological polar surface area (TPSA) is 47.6 Å². The largest absolute Gasteiger partial charge is 0.468 e. The molecular formula is C10H19NO3S.